The molecule has 0 bridgehead atoms. The number of carbonyl (C=O) groups excluding carboxylic acids is 1. The number of nitrogens with one attached hydrogen (secondary N) is 1. The third-order valence-electron chi connectivity index (χ3n) is 4.78. The van der Waals surface area contributed by atoms with Crippen molar-refractivity contribution < 1.29 is 9.32 Å². The molecule has 2 heterocycles. The summed E-state index contributed by atoms with van der Waals surface area (Å²) in [6.07, 6.45) is 2.09. The zero-order valence-corrected chi connectivity index (χ0v) is 17.4. The Balaban J connectivity index is 1.38. The second kappa shape index (κ2) is 8.08. The molecule has 2 aromatic heterocycles. The maximum Gasteiger partial charge on any atom is 0.252 e. The van der Waals surface area contributed by atoms with Crippen molar-refractivity contribution in [2.24, 2.45) is 0 Å². The average molecular weight is 437 g/mol. The fourth-order valence-corrected chi connectivity index (χ4v) is 4.08. The van der Waals surface area contributed by atoms with Gasteiger partial charge in [0.1, 0.15) is 0 Å². The minimum atomic E-state index is -0.0586. The van der Waals surface area contributed by atoms with Crippen molar-refractivity contribution in [2.45, 2.75) is 29.7 Å². The molecule has 5 rings (SSSR count). The van der Waals surface area contributed by atoms with E-state index in [9.17, 15) is 4.79 Å². The van der Waals surface area contributed by atoms with Crippen LogP contribution in [0.4, 0.5) is 0 Å². The van der Waals surface area contributed by atoms with Gasteiger partial charge < -0.3 is 9.84 Å². The fourth-order valence-electron chi connectivity index (χ4n) is 3.10. The number of halogens is 1. The summed E-state index contributed by atoms with van der Waals surface area (Å²) in [7, 11) is 0. The van der Waals surface area contributed by atoms with Crippen LogP contribution < -0.4 is 5.32 Å². The Morgan fingerprint density at radius 1 is 1.13 bits per heavy atom. The fraction of sp³-hybridized carbons (Fsp3) is 0.182. The molecule has 0 unspecified atom stereocenters. The van der Waals surface area contributed by atoms with Crippen LogP contribution in [0.5, 0.6) is 0 Å². The number of nitrogens with zero attached hydrogens (tertiary/aromatic N) is 3. The predicted molar refractivity (Wildman–Crippen MR) is 117 cm³/mol. The van der Waals surface area contributed by atoms with E-state index in [0.29, 0.717) is 34.1 Å². The first-order valence-electron chi connectivity index (χ1n) is 9.58. The smallest absolute Gasteiger partial charge is 0.252 e. The molecule has 0 saturated heterocycles. The lowest BCUT2D eigenvalue weighted by molar-refractivity contribution is 0.0952. The number of benzene rings is 2. The Labute approximate surface area is 182 Å². The zero-order chi connectivity index (χ0) is 20.5. The van der Waals surface area contributed by atoms with Gasteiger partial charge in [0, 0.05) is 17.0 Å². The highest BCUT2D eigenvalue weighted by Crippen LogP contribution is 2.29. The summed E-state index contributed by atoms with van der Waals surface area (Å²) in [6.45, 7) is 0. The van der Waals surface area contributed by atoms with Crippen LogP contribution in [0.3, 0.4) is 0 Å². The summed E-state index contributed by atoms with van der Waals surface area (Å²) >= 11 is 7.66. The number of rotatable bonds is 6. The highest BCUT2D eigenvalue weighted by molar-refractivity contribution is 7.98. The van der Waals surface area contributed by atoms with E-state index in [0.717, 1.165) is 34.3 Å². The molecule has 1 aliphatic rings. The number of amides is 1. The van der Waals surface area contributed by atoms with Gasteiger partial charge in [0.2, 0.25) is 11.7 Å². The second-order valence-corrected chi connectivity index (χ2v) is 8.46. The minimum absolute atomic E-state index is 0.0586. The first-order valence-corrected chi connectivity index (χ1v) is 10.9. The molecule has 4 aromatic rings. The molecule has 1 amide bonds. The van der Waals surface area contributed by atoms with Crippen LogP contribution in [0.25, 0.3) is 22.3 Å². The predicted octanol–water partition coefficient (Wildman–Crippen LogP) is 5.12. The molecule has 30 heavy (non-hydrogen) atoms. The molecule has 0 radical (unpaired) electrons. The van der Waals surface area contributed by atoms with Crippen molar-refractivity contribution in [3.05, 3.63) is 71.1 Å². The average Bonchev–Trinajstić information content (AvgIpc) is 3.45. The molecule has 1 aliphatic carbocycles. The normalized spacial score (nSPS) is 13.5. The number of fused-ring (bicyclic) bond motifs is 1. The van der Waals surface area contributed by atoms with E-state index in [1.807, 2.05) is 48.5 Å². The standard InChI is InChI=1S/C22H17ClN4O2S/c23-17-7-3-1-6-15(17)21-26-19(29-27-21)12-30-20-11-16(22(28)24-13-9-10-13)14-5-2-4-8-18(14)25-20/h1-8,11,13H,9-10,12H2,(H,24,28). The van der Waals surface area contributed by atoms with Crippen LogP contribution in [0.1, 0.15) is 29.1 Å². The molecule has 0 spiro atoms. The van der Waals surface area contributed by atoms with E-state index >= 15 is 0 Å². The molecule has 0 atom stereocenters. The van der Waals surface area contributed by atoms with Gasteiger partial charge in [0.15, 0.2) is 0 Å². The molecule has 1 fully saturated rings. The Morgan fingerprint density at radius 3 is 2.77 bits per heavy atom. The first kappa shape index (κ1) is 19.1. The second-order valence-electron chi connectivity index (χ2n) is 7.05. The number of thioether (sulfide) groups is 1. The van der Waals surface area contributed by atoms with E-state index in [2.05, 4.69) is 20.4 Å². The summed E-state index contributed by atoms with van der Waals surface area (Å²) < 4.78 is 5.37. The van der Waals surface area contributed by atoms with Crippen LogP contribution in [0, 0.1) is 0 Å². The number of aromatic nitrogens is 3. The van der Waals surface area contributed by atoms with E-state index in [1.54, 1.807) is 6.07 Å². The molecule has 1 N–H and O–H groups in total. The highest BCUT2D eigenvalue weighted by atomic mass is 35.5. The Morgan fingerprint density at radius 2 is 1.93 bits per heavy atom. The van der Waals surface area contributed by atoms with Gasteiger partial charge in [-0.3, -0.25) is 4.79 Å². The summed E-state index contributed by atoms with van der Waals surface area (Å²) in [6, 6.07) is 17.2. The van der Waals surface area contributed by atoms with Crippen molar-refractivity contribution in [1.29, 1.82) is 0 Å². The van der Waals surface area contributed by atoms with Crippen molar-refractivity contribution in [1.82, 2.24) is 20.4 Å². The monoisotopic (exact) mass is 436 g/mol. The van der Waals surface area contributed by atoms with Crippen LogP contribution in [-0.4, -0.2) is 27.1 Å². The summed E-state index contributed by atoms with van der Waals surface area (Å²) in [4.78, 5) is 21.8. The van der Waals surface area contributed by atoms with E-state index in [-0.39, 0.29) is 5.91 Å². The maximum atomic E-state index is 12.7. The summed E-state index contributed by atoms with van der Waals surface area (Å²) in [5.74, 6) is 1.30. The number of hydrogen-bond donors (Lipinski definition) is 1. The zero-order valence-electron chi connectivity index (χ0n) is 15.8. The van der Waals surface area contributed by atoms with Gasteiger partial charge >= 0.3 is 0 Å². The molecule has 8 heteroatoms. The van der Waals surface area contributed by atoms with Gasteiger partial charge in [-0.2, -0.15) is 4.98 Å². The number of carbonyl (C=O) groups is 1. The van der Waals surface area contributed by atoms with Gasteiger partial charge in [-0.05, 0) is 37.1 Å². The van der Waals surface area contributed by atoms with E-state index < -0.39 is 0 Å². The van der Waals surface area contributed by atoms with E-state index in [1.165, 1.54) is 11.8 Å². The lowest BCUT2D eigenvalue weighted by Crippen LogP contribution is -2.25. The van der Waals surface area contributed by atoms with Crippen molar-refractivity contribution in [2.75, 3.05) is 0 Å². The van der Waals surface area contributed by atoms with Crippen LogP contribution in [0.15, 0.2) is 64.1 Å². The first-order chi connectivity index (χ1) is 14.7. The van der Waals surface area contributed by atoms with Crippen molar-refractivity contribution in [3.8, 4) is 11.4 Å². The SMILES string of the molecule is O=C(NC1CC1)c1cc(SCc2nc(-c3ccccc3Cl)no2)nc2ccccc12. The Kier molecular flexibility index (Phi) is 5.14. The highest BCUT2D eigenvalue weighted by Gasteiger charge is 2.25. The number of pyridine rings is 1. The molecule has 2 aromatic carbocycles. The van der Waals surface area contributed by atoms with Crippen molar-refractivity contribution in [3.63, 3.8) is 0 Å². The van der Waals surface area contributed by atoms with Gasteiger partial charge in [-0.15, -0.1) is 0 Å². The van der Waals surface area contributed by atoms with Gasteiger partial charge in [-0.25, -0.2) is 4.98 Å². The summed E-state index contributed by atoms with van der Waals surface area (Å²) in [5, 5.41) is 9.23. The van der Waals surface area contributed by atoms with Crippen LogP contribution in [-0.2, 0) is 5.75 Å². The lowest BCUT2D eigenvalue weighted by Gasteiger charge is -2.09. The minimum Gasteiger partial charge on any atom is -0.349 e. The van der Waals surface area contributed by atoms with Crippen LogP contribution in [0.2, 0.25) is 5.02 Å². The third-order valence-corrected chi connectivity index (χ3v) is 6.00. The topological polar surface area (TPSA) is 80.9 Å². The van der Waals surface area contributed by atoms with Crippen LogP contribution >= 0.6 is 23.4 Å². The molecule has 6 nitrogen and oxygen atoms in total. The van der Waals surface area contributed by atoms with Gasteiger partial charge in [0.25, 0.3) is 5.91 Å². The van der Waals surface area contributed by atoms with Crippen molar-refractivity contribution >= 4 is 40.2 Å². The van der Waals surface area contributed by atoms with E-state index in [4.69, 9.17) is 16.1 Å². The van der Waals surface area contributed by atoms with Gasteiger partial charge in [-0.1, -0.05) is 58.9 Å². The molecule has 0 aliphatic heterocycles. The Bertz CT molecular complexity index is 1240. The number of hydrogen-bond acceptors (Lipinski definition) is 6. The molecular formula is C22H17ClN4O2S. The van der Waals surface area contributed by atoms with Gasteiger partial charge in [0.05, 0.1) is 26.9 Å². The summed E-state index contributed by atoms with van der Waals surface area (Å²) in [5.41, 5.74) is 2.14. The quantitative estimate of drug-likeness (QED) is 0.422. The molecule has 1 saturated carbocycles. The lowest BCUT2D eigenvalue weighted by atomic mass is 10.1. The maximum absolute atomic E-state index is 12.7. The Hall–Kier alpha value is -2.90. The molecular weight excluding hydrogens is 420 g/mol. The largest absolute Gasteiger partial charge is 0.349 e. The third kappa shape index (κ3) is 4.04. The number of para-hydroxylation sites is 1. The molecule has 150 valence electrons.